The molecule has 2 aromatic rings. The maximum Gasteiger partial charge on any atom is 0.271 e. The van der Waals surface area contributed by atoms with E-state index in [0.717, 1.165) is 4.90 Å². The topological polar surface area (TPSA) is 152 Å². The second-order valence-electron chi connectivity index (χ2n) is 7.72. The summed E-state index contributed by atoms with van der Waals surface area (Å²) in [4.78, 5) is 37.3. The van der Waals surface area contributed by atoms with Gasteiger partial charge in [-0.05, 0) is 37.1 Å². The van der Waals surface area contributed by atoms with Crippen LogP contribution in [0.25, 0.3) is 17.4 Å². The zero-order valence-electron chi connectivity index (χ0n) is 17.3. The van der Waals surface area contributed by atoms with E-state index in [-0.39, 0.29) is 46.1 Å². The first-order valence-electron chi connectivity index (χ1n) is 9.87. The molecule has 1 aromatic carbocycles. The first-order chi connectivity index (χ1) is 15.6. The molecule has 0 spiro atoms. The third-order valence-corrected chi connectivity index (χ3v) is 7.35. The molecule has 2 aliphatic rings. The summed E-state index contributed by atoms with van der Waals surface area (Å²) in [6.07, 6.45) is 1.49. The summed E-state index contributed by atoms with van der Waals surface area (Å²) in [5, 5.41) is 20.5. The number of nitro benzene ring substituents is 1. The minimum absolute atomic E-state index is 0.0374. The Labute approximate surface area is 188 Å². The monoisotopic (exact) mass is 467 g/mol. The molecule has 10 nitrogen and oxygen atoms in total. The molecular formula is C22H17N3O7S. The molecule has 4 rings (SSSR count). The molecule has 1 atom stereocenters. The number of nitro groups is 1. The summed E-state index contributed by atoms with van der Waals surface area (Å²) >= 11 is 0. The van der Waals surface area contributed by atoms with Gasteiger partial charge in [-0.15, -0.1) is 0 Å². The number of furan rings is 1. The van der Waals surface area contributed by atoms with Crippen LogP contribution in [0.1, 0.15) is 19.1 Å². The predicted molar refractivity (Wildman–Crippen MR) is 116 cm³/mol. The van der Waals surface area contributed by atoms with Gasteiger partial charge in [0.15, 0.2) is 9.84 Å². The van der Waals surface area contributed by atoms with Crippen molar-refractivity contribution in [1.29, 1.82) is 5.26 Å². The highest BCUT2D eigenvalue weighted by molar-refractivity contribution is 7.91. The Kier molecular flexibility index (Phi) is 5.47. The van der Waals surface area contributed by atoms with Gasteiger partial charge in [0.2, 0.25) is 0 Å². The number of sulfone groups is 1. The zero-order chi connectivity index (χ0) is 23.9. The molecule has 0 unspecified atom stereocenters. The number of imide groups is 1. The molecule has 1 aromatic heterocycles. The Morgan fingerprint density at radius 3 is 2.64 bits per heavy atom. The van der Waals surface area contributed by atoms with E-state index in [1.165, 1.54) is 31.2 Å². The largest absolute Gasteiger partial charge is 0.457 e. The van der Waals surface area contributed by atoms with Crippen molar-refractivity contribution in [3.63, 3.8) is 0 Å². The minimum atomic E-state index is -3.37. The number of hydrogen-bond acceptors (Lipinski definition) is 8. The lowest BCUT2D eigenvalue weighted by Crippen LogP contribution is -2.49. The molecule has 0 N–H and O–H groups in total. The van der Waals surface area contributed by atoms with E-state index >= 15 is 0 Å². The molecule has 3 heterocycles. The second kappa shape index (κ2) is 8.14. The fraction of sp³-hybridized carbons (Fsp3) is 0.227. The van der Waals surface area contributed by atoms with Crippen LogP contribution >= 0.6 is 0 Å². The lowest BCUT2D eigenvalue weighted by molar-refractivity contribution is -0.384. The molecule has 168 valence electrons. The van der Waals surface area contributed by atoms with Crippen molar-refractivity contribution < 1.29 is 27.3 Å². The highest BCUT2D eigenvalue weighted by Crippen LogP contribution is 2.32. The standard InChI is InChI=1S/C22H17N3O7S/c1-13-18(10-17-5-6-20(32-17)14-3-2-4-15(9-14)25(28)29)21(26)24(22(27)19(13)11-23)16-7-8-33(30,31)12-16/h2-6,9-10,16H,7-8,12H2,1H3/b18-10-/t16-/m0/s1. The molecule has 0 radical (unpaired) electrons. The van der Waals surface area contributed by atoms with E-state index < -0.39 is 32.6 Å². The molecule has 33 heavy (non-hydrogen) atoms. The Balaban J connectivity index is 1.73. The molecule has 0 aliphatic carbocycles. The van der Waals surface area contributed by atoms with Crippen molar-refractivity contribution in [2.24, 2.45) is 0 Å². The number of carbonyl (C=O) groups excluding carboxylic acids is 2. The summed E-state index contributed by atoms with van der Waals surface area (Å²) in [5.41, 5.74) is 0.315. The lowest BCUT2D eigenvalue weighted by Gasteiger charge is -2.31. The number of nitrogens with zero attached hydrogens (tertiary/aromatic N) is 3. The molecule has 1 saturated heterocycles. The van der Waals surface area contributed by atoms with Gasteiger partial charge in [-0.2, -0.15) is 5.26 Å². The van der Waals surface area contributed by atoms with Gasteiger partial charge in [0.05, 0.1) is 22.5 Å². The van der Waals surface area contributed by atoms with Crippen LogP contribution in [0.5, 0.6) is 0 Å². The highest BCUT2D eigenvalue weighted by Gasteiger charge is 2.43. The number of non-ortho nitro benzene ring substituents is 1. The molecule has 1 fully saturated rings. The fourth-order valence-electron chi connectivity index (χ4n) is 3.91. The zero-order valence-corrected chi connectivity index (χ0v) is 18.2. The summed E-state index contributed by atoms with van der Waals surface area (Å²) in [7, 11) is -3.37. The van der Waals surface area contributed by atoms with Crippen LogP contribution in [0.3, 0.4) is 0 Å². The number of hydrogen-bond donors (Lipinski definition) is 0. The number of benzene rings is 1. The van der Waals surface area contributed by atoms with E-state index in [1.54, 1.807) is 18.2 Å². The average molecular weight is 467 g/mol. The third kappa shape index (κ3) is 4.08. The van der Waals surface area contributed by atoms with E-state index in [0.29, 0.717) is 11.3 Å². The fourth-order valence-corrected chi connectivity index (χ4v) is 5.61. The van der Waals surface area contributed by atoms with Crippen molar-refractivity contribution >= 4 is 33.4 Å². The molecule has 2 amide bonds. The Morgan fingerprint density at radius 2 is 2.00 bits per heavy atom. The third-order valence-electron chi connectivity index (χ3n) is 5.60. The van der Waals surface area contributed by atoms with Gasteiger partial charge >= 0.3 is 0 Å². The molecule has 2 aliphatic heterocycles. The lowest BCUT2D eigenvalue weighted by atomic mass is 9.93. The van der Waals surface area contributed by atoms with Crippen molar-refractivity contribution in [3.8, 4) is 17.4 Å². The van der Waals surface area contributed by atoms with Crippen LogP contribution in [0.4, 0.5) is 5.69 Å². The van der Waals surface area contributed by atoms with Crippen molar-refractivity contribution in [2.75, 3.05) is 11.5 Å². The summed E-state index contributed by atoms with van der Waals surface area (Å²) in [6, 6.07) is 9.95. The average Bonchev–Trinajstić information content (AvgIpc) is 3.38. The van der Waals surface area contributed by atoms with Crippen molar-refractivity contribution in [1.82, 2.24) is 4.90 Å². The quantitative estimate of drug-likeness (QED) is 0.288. The highest BCUT2D eigenvalue weighted by atomic mass is 32.2. The van der Waals surface area contributed by atoms with Gasteiger partial charge in [0, 0.05) is 23.3 Å². The van der Waals surface area contributed by atoms with Crippen molar-refractivity contribution in [2.45, 2.75) is 19.4 Å². The van der Waals surface area contributed by atoms with Gasteiger partial charge in [-0.3, -0.25) is 24.6 Å². The summed E-state index contributed by atoms with van der Waals surface area (Å²) in [5.74, 6) is -1.44. The normalized spacial score (nSPS) is 21.5. The Morgan fingerprint density at radius 1 is 1.24 bits per heavy atom. The van der Waals surface area contributed by atoms with Gasteiger partial charge in [0.1, 0.15) is 23.2 Å². The smallest absolute Gasteiger partial charge is 0.271 e. The van der Waals surface area contributed by atoms with E-state index in [9.17, 15) is 33.4 Å². The van der Waals surface area contributed by atoms with Gasteiger partial charge in [-0.25, -0.2) is 8.42 Å². The number of carbonyl (C=O) groups is 2. The summed E-state index contributed by atoms with van der Waals surface area (Å²) in [6.45, 7) is 1.47. The second-order valence-corrected chi connectivity index (χ2v) is 9.95. The van der Waals surface area contributed by atoms with E-state index in [4.69, 9.17) is 4.42 Å². The van der Waals surface area contributed by atoms with Crippen LogP contribution in [-0.4, -0.2) is 47.6 Å². The van der Waals surface area contributed by atoms with Gasteiger partial charge in [-0.1, -0.05) is 12.1 Å². The maximum absolute atomic E-state index is 13.2. The van der Waals surface area contributed by atoms with E-state index in [1.807, 2.05) is 6.07 Å². The van der Waals surface area contributed by atoms with Crippen LogP contribution in [0, 0.1) is 21.4 Å². The molecule has 0 bridgehead atoms. The van der Waals surface area contributed by atoms with Crippen LogP contribution in [0.15, 0.2) is 57.5 Å². The number of amides is 2. The van der Waals surface area contributed by atoms with Gasteiger partial charge < -0.3 is 4.42 Å². The van der Waals surface area contributed by atoms with E-state index in [2.05, 4.69) is 0 Å². The van der Waals surface area contributed by atoms with Gasteiger partial charge in [0.25, 0.3) is 17.5 Å². The maximum atomic E-state index is 13.2. The molecular weight excluding hydrogens is 450 g/mol. The SMILES string of the molecule is CC1=C(C#N)C(=O)N([C@H]2CCS(=O)(=O)C2)C(=O)/C1=C\c1ccc(-c2cccc([N+](=O)[O-])c2)o1. The molecule has 0 saturated carbocycles. The first-order valence-corrected chi connectivity index (χ1v) is 11.7. The Hall–Kier alpha value is -4.04. The Bertz CT molecular complexity index is 1410. The van der Waals surface area contributed by atoms with Crippen LogP contribution in [0.2, 0.25) is 0 Å². The number of nitriles is 1. The van der Waals surface area contributed by atoms with Crippen molar-refractivity contribution in [3.05, 3.63) is 69.0 Å². The summed E-state index contributed by atoms with van der Waals surface area (Å²) < 4.78 is 29.5. The minimum Gasteiger partial charge on any atom is -0.457 e. The first kappa shape index (κ1) is 22.2. The van der Waals surface area contributed by atoms with Crippen LogP contribution in [-0.2, 0) is 19.4 Å². The number of rotatable bonds is 4. The predicted octanol–water partition coefficient (Wildman–Crippen LogP) is 2.63. The van der Waals surface area contributed by atoms with Crippen LogP contribution < -0.4 is 0 Å². The molecule has 11 heteroatoms.